The van der Waals surface area contributed by atoms with Gasteiger partial charge in [-0.2, -0.15) is 0 Å². The third kappa shape index (κ3) is 5.99. The molecule has 1 fully saturated rings. The van der Waals surface area contributed by atoms with Gasteiger partial charge >= 0.3 is 0 Å². The molecule has 1 aliphatic rings. The number of piperazine rings is 1. The van der Waals surface area contributed by atoms with Crippen LogP contribution in [0.15, 0.2) is 46.9 Å². The molecule has 3 rings (SSSR count). The second-order valence-corrected chi connectivity index (χ2v) is 8.01. The van der Waals surface area contributed by atoms with Crippen molar-refractivity contribution < 1.29 is 4.42 Å². The van der Waals surface area contributed by atoms with Crippen LogP contribution >= 0.6 is 0 Å². The van der Waals surface area contributed by atoms with Crippen molar-refractivity contribution in [1.82, 2.24) is 15.1 Å². The molecule has 2 aromatic rings. The van der Waals surface area contributed by atoms with Crippen LogP contribution in [0, 0.1) is 0 Å². The number of benzene rings is 1. The zero-order valence-corrected chi connectivity index (χ0v) is 15.8. The molecule has 136 valence electrons. The van der Waals surface area contributed by atoms with Gasteiger partial charge in [-0.25, -0.2) is 0 Å². The van der Waals surface area contributed by atoms with Gasteiger partial charge in [0.25, 0.3) is 0 Å². The summed E-state index contributed by atoms with van der Waals surface area (Å²) >= 11 is 0. The molecule has 0 saturated carbocycles. The summed E-state index contributed by atoms with van der Waals surface area (Å²) in [6.45, 7) is 13.7. The molecule has 4 nitrogen and oxygen atoms in total. The van der Waals surface area contributed by atoms with Crippen LogP contribution < -0.4 is 5.32 Å². The van der Waals surface area contributed by atoms with E-state index in [0.717, 1.165) is 57.3 Å². The van der Waals surface area contributed by atoms with Crippen LogP contribution in [0.5, 0.6) is 0 Å². The zero-order chi connectivity index (χ0) is 17.7. The fraction of sp³-hybridized carbons (Fsp3) is 0.524. The molecular formula is C21H31N3O. The summed E-state index contributed by atoms with van der Waals surface area (Å²) in [5.41, 5.74) is 1.51. The van der Waals surface area contributed by atoms with Gasteiger partial charge in [-0.15, -0.1) is 0 Å². The molecule has 2 heterocycles. The van der Waals surface area contributed by atoms with Crippen molar-refractivity contribution in [2.75, 3.05) is 26.2 Å². The van der Waals surface area contributed by atoms with Crippen molar-refractivity contribution in [3.8, 4) is 0 Å². The van der Waals surface area contributed by atoms with E-state index in [1.807, 2.05) is 0 Å². The first kappa shape index (κ1) is 18.2. The Balaban J connectivity index is 1.42. The normalized spacial score (nSPS) is 17.1. The van der Waals surface area contributed by atoms with E-state index < -0.39 is 0 Å². The van der Waals surface area contributed by atoms with Gasteiger partial charge in [-0.05, 0) is 38.5 Å². The molecule has 0 unspecified atom stereocenters. The lowest BCUT2D eigenvalue weighted by Gasteiger charge is -2.34. The first-order chi connectivity index (χ1) is 12.0. The summed E-state index contributed by atoms with van der Waals surface area (Å²) in [6, 6.07) is 15.0. The SMILES string of the molecule is CC(C)(C)NCc1ccc(CN2CCN(Cc3ccccc3)CC2)o1. The lowest BCUT2D eigenvalue weighted by molar-refractivity contribution is 0.115. The number of hydrogen-bond donors (Lipinski definition) is 1. The lowest BCUT2D eigenvalue weighted by Crippen LogP contribution is -2.45. The molecule has 1 N–H and O–H groups in total. The molecular weight excluding hydrogens is 310 g/mol. The monoisotopic (exact) mass is 341 g/mol. The fourth-order valence-corrected chi connectivity index (χ4v) is 3.12. The van der Waals surface area contributed by atoms with E-state index in [0.29, 0.717) is 0 Å². The summed E-state index contributed by atoms with van der Waals surface area (Å²) in [5.74, 6) is 2.09. The van der Waals surface area contributed by atoms with Gasteiger partial charge in [0, 0.05) is 38.3 Å². The smallest absolute Gasteiger partial charge is 0.118 e. The third-order valence-electron chi connectivity index (χ3n) is 4.60. The van der Waals surface area contributed by atoms with Gasteiger partial charge in [-0.3, -0.25) is 9.80 Å². The maximum absolute atomic E-state index is 5.99. The van der Waals surface area contributed by atoms with Crippen LogP contribution in [0.2, 0.25) is 0 Å². The Bertz CT molecular complexity index is 637. The van der Waals surface area contributed by atoms with Gasteiger partial charge in [0.1, 0.15) is 11.5 Å². The predicted octanol–water partition coefficient (Wildman–Crippen LogP) is 3.49. The number of hydrogen-bond acceptors (Lipinski definition) is 4. The minimum absolute atomic E-state index is 0.113. The largest absolute Gasteiger partial charge is 0.463 e. The Labute approximate surface area is 151 Å². The summed E-state index contributed by atoms with van der Waals surface area (Å²) in [5, 5.41) is 3.47. The van der Waals surface area contributed by atoms with Crippen LogP contribution in [0.1, 0.15) is 37.9 Å². The first-order valence-electron chi connectivity index (χ1n) is 9.29. The Kier molecular flexibility index (Phi) is 5.94. The highest BCUT2D eigenvalue weighted by Crippen LogP contribution is 2.14. The average Bonchev–Trinajstić information content (AvgIpc) is 3.03. The molecule has 0 atom stereocenters. The highest BCUT2D eigenvalue weighted by Gasteiger charge is 2.18. The van der Waals surface area contributed by atoms with E-state index in [1.54, 1.807) is 0 Å². The zero-order valence-electron chi connectivity index (χ0n) is 15.8. The van der Waals surface area contributed by atoms with Crippen molar-refractivity contribution in [3.63, 3.8) is 0 Å². The first-order valence-corrected chi connectivity index (χ1v) is 9.29. The van der Waals surface area contributed by atoms with Crippen molar-refractivity contribution in [2.45, 2.75) is 45.9 Å². The molecule has 0 aliphatic carbocycles. The van der Waals surface area contributed by atoms with Crippen LogP contribution in [0.4, 0.5) is 0 Å². The number of furan rings is 1. The van der Waals surface area contributed by atoms with Gasteiger partial charge in [0.15, 0.2) is 0 Å². The Morgan fingerprint density at radius 1 is 0.840 bits per heavy atom. The van der Waals surface area contributed by atoms with E-state index in [4.69, 9.17) is 4.42 Å². The van der Waals surface area contributed by atoms with E-state index >= 15 is 0 Å². The molecule has 0 amide bonds. The minimum atomic E-state index is 0.113. The quantitative estimate of drug-likeness (QED) is 0.872. The maximum atomic E-state index is 5.99. The second-order valence-electron chi connectivity index (χ2n) is 8.01. The van der Waals surface area contributed by atoms with E-state index in [2.05, 4.69) is 78.4 Å². The molecule has 0 spiro atoms. The number of rotatable bonds is 6. The van der Waals surface area contributed by atoms with Gasteiger partial charge < -0.3 is 9.73 Å². The van der Waals surface area contributed by atoms with Crippen molar-refractivity contribution in [3.05, 3.63) is 59.5 Å². The predicted molar refractivity (Wildman–Crippen MR) is 102 cm³/mol. The highest BCUT2D eigenvalue weighted by atomic mass is 16.3. The number of nitrogens with zero attached hydrogens (tertiary/aromatic N) is 2. The molecule has 1 saturated heterocycles. The standard InChI is InChI=1S/C21H31N3O/c1-21(2,3)22-15-19-9-10-20(25-19)17-24-13-11-23(12-14-24)16-18-7-5-4-6-8-18/h4-10,22H,11-17H2,1-3H3. The molecule has 4 heteroatoms. The molecule has 1 aromatic carbocycles. The lowest BCUT2D eigenvalue weighted by atomic mass is 10.1. The Hall–Kier alpha value is -1.62. The third-order valence-corrected chi connectivity index (χ3v) is 4.60. The van der Waals surface area contributed by atoms with Crippen LogP contribution in [-0.4, -0.2) is 41.5 Å². The van der Waals surface area contributed by atoms with Crippen molar-refractivity contribution in [2.24, 2.45) is 0 Å². The van der Waals surface area contributed by atoms with Crippen molar-refractivity contribution in [1.29, 1.82) is 0 Å². The summed E-state index contributed by atoms with van der Waals surface area (Å²) in [4.78, 5) is 5.02. The summed E-state index contributed by atoms with van der Waals surface area (Å²) < 4.78 is 5.99. The maximum Gasteiger partial charge on any atom is 0.118 e. The van der Waals surface area contributed by atoms with Crippen molar-refractivity contribution >= 4 is 0 Å². The molecule has 1 aromatic heterocycles. The Morgan fingerprint density at radius 3 is 2.08 bits per heavy atom. The van der Waals surface area contributed by atoms with E-state index in [-0.39, 0.29) is 5.54 Å². The Morgan fingerprint density at radius 2 is 1.44 bits per heavy atom. The summed E-state index contributed by atoms with van der Waals surface area (Å²) in [7, 11) is 0. The van der Waals surface area contributed by atoms with Gasteiger partial charge in [0.2, 0.25) is 0 Å². The van der Waals surface area contributed by atoms with Crippen LogP contribution in [-0.2, 0) is 19.6 Å². The summed E-state index contributed by atoms with van der Waals surface area (Å²) in [6.07, 6.45) is 0. The molecule has 25 heavy (non-hydrogen) atoms. The van der Waals surface area contributed by atoms with Gasteiger partial charge in [0.05, 0.1) is 13.1 Å². The highest BCUT2D eigenvalue weighted by molar-refractivity contribution is 5.14. The molecule has 1 aliphatic heterocycles. The van der Waals surface area contributed by atoms with Crippen LogP contribution in [0.25, 0.3) is 0 Å². The average molecular weight is 341 g/mol. The fourth-order valence-electron chi connectivity index (χ4n) is 3.12. The van der Waals surface area contributed by atoms with E-state index in [9.17, 15) is 0 Å². The van der Waals surface area contributed by atoms with E-state index in [1.165, 1.54) is 5.56 Å². The van der Waals surface area contributed by atoms with Gasteiger partial charge in [-0.1, -0.05) is 30.3 Å². The topological polar surface area (TPSA) is 31.6 Å². The second kappa shape index (κ2) is 8.17. The number of nitrogens with one attached hydrogen (secondary N) is 1. The van der Waals surface area contributed by atoms with Crippen LogP contribution in [0.3, 0.4) is 0 Å². The molecule has 0 radical (unpaired) electrons. The molecule has 0 bridgehead atoms. The minimum Gasteiger partial charge on any atom is -0.463 e.